The highest BCUT2D eigenvalue weighted by Gasteiger charge is 2.31. The monoisotopic (exact) mass is 580 g/mol. The van der Waals surface area contributed by atoms with Crippen molar-refractivity contribution in [1.29, 1.82) is 0 Å². The van der Waals surface area contributed by atoms with Crippen molar-refractivity contribution in [1.82, 2.24) is 0 Å². The van der Waals surface area contributed by atoms with Crippen LogP contribution in [-0.4, -0.2) is 57.9 Å². The van der Waals surface area contributed by atoms with Crippen LogP contribution in [0.25, 0.3) is 0 Å². The molecular weight excluding hydrogens is 516 g/mol. The Morgan fingerprint density at radius 3 is 1.90 bits per heavy atom. The maximum Gasteiger partial charge on any atom is 0.334 e. The van der Waals surface area contributed by atoms with Crippen molar-refractivity contribution in [2.75, 3.05) is 0 Å². The largest absolute Gasteiger partial charge is 0.455 e. The van der Waals surface area contributed by atoms with Gasteiger partial charge < -0.3 is 24.8 Å². The summed E-state index contributed by atoms with van der Waals surface area (Å²) in [5, 5.41) is 31.4. The summed E-state index contributed by atoms with van der Waals surface area (Å²) in [7, 11) is 0. The average Bonchev–Trinajstić information content (AvgIpc) is 3.56. The van der Waals surface area contributed by atoms with E-state index in [1.54, 1.807) is 0 Å². The van der Waals surface area contributed by atoms with Crippen LogP contribution in [0.5, 0.6) is 0 Å². The third-order valence-electron chi connectivity index (χ3n) is 9.09. The van der Waals surface area contributed by atoms with E-state index in [0.29, 0.717) is 19.3 Å². The molecule has 41 heavy (non-hydrogen) atoms. The molecule has 0 radical (unpaired) electrons. The van der Waals surface area contributed by atoms with Crippen LogP contribution in [0.3, 0.4) is 0 Å². The van der Waals surface area contributed by atoms with Gasteiger partial charge in [0.05, 0.1) is 30.5 Å². The number of rotatable bonds is 26. The third kappa shape index (κ3) is 16.5. The molecule has 0 aromatic heterocycles. The second-order valence-electron chi connectivity index (χ2n) is 12.9. The molecule has 0 bridgehead atoms. The fraction of sp³-hybridized carbons (Fsp3) is 0.914. The number of ether oxygens (including phenoxy) is 2. The Bertz CT molecular complexity index is 694. The van der Waals surface area contributed by atoms with Crippen LogP contribution in [0.2, 0.25) is 0 Å². The first kappa shape index (κ1) is 36.2. The van der Waals surface area contributed by atoms with Crippen LogP contribution in [-0.2, 0) is 14.3 Å². The highest BCUT2D eigenvalue weighted by molar-refractivity contribution is 5.90. The number of esters is 1. The van der Waals surface area contributed by atoms with Gasteiger partial charge in [-0.3, -0.25) is 0 Å². The fourth-order valence-corrected chi connectivity index (χ4v) is 6.37. The molecule has 0 saturated carbocycles. The number of carbonyl (C=O) groups excluding carboxylic acids is 1. The molecule has 0 aliphatic carbocycles. The Morgan fingerprint density at radius 1 is 0.732 bits per heavy atom. The van der Waals surface area contributed by atoms with Gasteiger partial charge in [-0.05, 0) is 64.4 Å². The zero-order valence-electron chi connectivity index (χ0n) is 26.6. The minimum absolute atomic E-state index is 0.0724. The average molecular weight is 581 g/mol. The van der Waals surface area contributed by atoms with Gasteiger partial charge in [0.2, 0.25) is 0 Å². The normalized spacial score (nSPS) is 23.0. The maximum absolute atomic E-state index is 11.6. The van der Waals surface area contributed by atoms with Crippen LogP contribution in [0.15, 0.2) is 11.6 Å². The topological polar surface area (TPSA) is 96.2 Å². The van der Waals surface area contributed by atoms with Gasteiger partial charge in [0.15, 0.2) is 0 Å². The van der Waals surface area contributed by atoms with Crippen molar-refractivity contribution < 1.29 is 29.6 Å². The SMILES string of the molecule is CCCCCCCCCCCCCC[C@H](O)[C@H](O)CC[C@@H](O)[C@@H]1CCC(CCCCCCCC2=CC(C)OC2=O)O1. The molecule has 0 spiro atoms. The van der Waals surface area contributed by atoms with E-state index in [2.05, 4.69) is 6.92 Å². The van der Waals surface area contributed by atoms with Crippen molar-refractivity contribution in [2.45, 2.75) is 205 Å². The van der Waals surface area contributed by atoms with E-state index in [1.165, 1.54) is 64.2 Å². The summed E-state index contributed by atoms with van der Waals surface area (Å²) in [6.45, 7) is 4.16. The Morgan fingerprint density at radius 2 is 1.29 bits per heavy atom. The number of cyclic esters (lactones) is 1. The van der Waals surface area contributed by atoms with Gasteiger partial charge in [-0.15, -0.1) is 0 Å². The van der Waals surface area contributed by atoms with Crippen molar-refractivity contribution in [3.63, 3.8) is 0 Å². The molecule has 2 unspecified atom stereocenters. The summed E-state index contributed by atoms with van der Waals surface area (Å²) in [5.74, 6) is -0.145. The minimum atomic E-state index is -0.770. The van der Waals surface area contributed by atoms with E-state index in [9.17, 15) is 20.1 Å². The first-order valence-corrected chi connectivity index (χ1v) is 17.5. The fourth-order valence-electron chi connectivity index (χ4n) is 6.37. The van der Waals surface area contributed by atoms with Crippen LogP contribution < -0.4 is 0 Å². The molecule has 2 heterocycles. The number of aliphatic hydroxyl groups is 3. The van der Waals surface area contributed by atoms with Crippen LogP contribution >= 0.6 is 0 Å². The molecule has 6 heteroatoms. The number of hydrogen-bond acceptors (Lipinski definition) is 6. The summed E-state index contributed by atoms with van der Waals surface area (Å²) < 4.78 is 11.3. The molecule has 0 aromatic carbocycles. The van der Waals surface area contributed by atoms with Crippen molar-refractivity contribution in [2.24, 2.45) is 0 Å². The van der Waals surface area contributed by atoms with Crippen molar-refractivity contribution in [3.8, 4) is 0 Å². The predicted octanol–water partition coefficient (Wildman–Crippen LogP) is 8.09. The molecule has 240 valence electrons. The lowest BCUT2D eigenvalue weighted by atomic mass is 9.97. The molecule has 2 aliphatic heterocycles. The van der Waals surface area contributed by atoms with Gasteiger partial charge in [0.25, 0.3) is 0 Å². The van der Waals surface area contributed by atoms with E-state index < -0.39 is 18.3 Å². The standard InChI is InChI=1S/C35H64O6/c1-3-4-5-6-7-8-9-10-11-12-16-19-22-31(36)32(37)24-25-33(38)34-26-23-30(41-34)21-18-15-13-14-17-20-29-27-28(2)40-35(29)39/h27-28,30-34,36-38H,3-26H2,1-2H3/t28?,30?,31-,32+,33+,34-/m0/s1. The van der Waals surface area contributed by atoms with Gasteiger partial charge in [0, 0.05) is 5.57 Å². The molecule has 2 rings (SSSR count). The molecule has 6 atom stereocenters. The van der Waals surface area contributed by atoms with Gasteiger partial charge >= 0.3 is 5.97 Å². The first-order valence-electron chi connectivity index (χ1n) is 17.5. The summed E-state index contributed by atoms with van der Waals surface area (Å²) in [6, 6.07) is 0. The number of carbonyl (C=O) groups is 1. The molecule has 3 N–H and O–H groups in total. The molecule has 1 fully saturated rings. The first-order chi connectivity index (χ1) is 19.9. The number of unbranched alkanes of at least 4 members (excludes halogenated alkanes) is 15. The quantitative estimate of drug-likeness (QED) is 0.0707. The van der Waals surface area contributed by atoms with E-state index in [-0.39, 0.29) is 24.3 Å². The lowest BCUT2D eigenvalue weighted by Crippen LogP contribution is -2.31. The van der Waals surface area contributed by atoms with Crippen molar-refractivity contribution >= 4 is 5.97 Å². The Kier molecular flexibility index (Phi) is 20.0. The van der Waals surface area contributed by atoms with E-state index in [4.69, 9.17) is 9.47 Å². The zero-order valence-corrected chi connectivity index (χ0v) is 26.6. The summed E-state index contributed by atoms with van der Waals surface area (Å²) in [5.41, 5.74) is 0.836. The van der Waals surface area contributed by atoms with Crippen LogP contribution in [0, 0.1) is 0 Å². The van der Waals surface area contributed by atoms with E-state index in [0.717, 1.165) is 76.2 Å². The summed E-state index contributed by atoms with van der Waals surface area (Å²) in [4.78, 5) is 11.6. The Balaban J connectivity index is 1.40. The van der Waals surface area contributed by atoms with Gasteiger partial charge in [-0.25, -0.2) is 4.79 Å². The predicted molar refractivity (Wildman–Crippen MR) is 167 cm³/mol. The second kappa shape index (κ2) is 22.6. The number of aliphatic hydroxyl groups excluding tert-OH is 3. The molecule has 2 aliphatic rings. The highest BCUT2D eigenvalue weighted by Crippen LogP contribution is 2.28. The van der Waals surface area contributed by atoms with Crippen LogP contribution in [0.4, 0.5) is 0 Å². The Hall–Kier alpha value is -0.950. The van der Waals surface area contributed by atoms with Crippen LogP contribution in [0.1, 0.15) is 168 Å². The summed E-state index contributed by atoms with van der Waals surface area (Å²) in [6.07, 6.45) is 26.2. The molecular formula is C35H64O6. The zero-order chi connectivity index (χ0) is 29.7. The summed E-state index contributed by atoms with van der Waals surface area (Å²) >= 11 is 0. The maximum atomic E-state index is 11.6. The van der Waals surface area contributed by atoms with E-state index in [1.807, 2.05) is 13.0 Å². The lowest BCUT2D eigenvalue weighted by Gasteiger charge is -2.22. The smallest absolute Gasteiger partial charge is 0.334 e. The van der Waals surface area contributed by atoms with E-state index >= 15 is 0 Å². The molecule has 0 amide bonds. The van der Waals surface area contributed by atoms with Gasteiger partial charge in [-0.1, -0.05) is 110 Å². The Labute approximate surface area is 251 Å². The second-order valence-corrected chi connectivity index (χ2v) is 12.9. The van der Waals surface area contributed by atoms with Gasteiger partial charge in [0.1, 0.15) is 6.10 Å². The molecule has 6 nitrogen and oxygen atoms in total. The van der Waals surface area contributed by atoms with Gasteiger partial charge in [-0.2, -0.15) is 0 Å². The molecule has 1 saturated heterocycles. The highest BCUT2D eigenvalue weighted by atomic mass is 16.5. The third-order valence-corrected chi connectivity index (χ3v) is 9.09. The lowest BCUT2D eigenvalue weighted by molar-refractivity contribution is -0.139. The van der Waals surface area contributed by atoms with Crippen molar-refractivity contribution in [3.05, 3.63) is 11.6 Å². The minimum Gasteiger partial charge on any atom is -0.455 e. The number of hydrogen-bond donors (Lipinski definition) is 3. The molecule has 0 aromatic rings.